The monoisotopic (exact) mass is 195 g/mol. The topological polar surface area (TPSA) is 20.3 Å². The van der Waals surface area contributed by atoms with E-state index in [1.165, 1.54) is 5.57 Å². The summed E-state index contributed by atoms with van der Waals surface area (Å²) in [5.41, 5.74) is 1.56. The van der Waals surface area contributed by atoms with Crippen LogP contribution in [0, 0.1) is 11.3 Å². The van der Waals surface area contributed by atoms with E-state index in [-0.39, 0.29) is 11.3 Å². The lowest BCUT2D eigenvalue weighted by atomic mass is 9.75. The Morgan fingerprint density at radius 2 is 2.21 bits per heavy atom. The van der Waals surface area contributed by atoms with Crippen molar-refractivity contribution in [2.24, 2.45) is 11.3 Å². The summed E-state index contributed by atoms with van der Waals surface area (Å²) in [6.45, 7) is 5.39. The minimum Gasteiger partial charge on any atom is -0.305 e. The first-order chi connectivity index (χ1) is 6.44. The second-order valence-electron chi connectivity index (χ2n) is 5.23. The highest BCUT2D eigenvalue weighted by molar-refractivity contribution is 5.59. The third-order valence-corrected chi connectivity index (χ3v) is 2.82. The van der Waals surface area contributed by atoms with E-state index in [4.69, 9.17) is 0 Å². The van der Waals surface area contributed by atoms with Gasteiger partial charge in [0.2, 0.25) is 0 Å². The minimum atomic E-state index is 0.158. The number of hydrogen-bond donors (Lipinski definition) is 0. The van der Waals surface area contributed by atoms with Crippen LogP contribution in [-0.2, 0) is 4.79 Å². The second kappa shape index (κ2) is 4.26. The fourth-order valence-electron chi connectivity index (χ4n) is 2.08. The minimum absolute atomic E-state index is 0.158. The number of carbonyl (C=O) groups is 1. The van der Waals surface area contributed by atoms with Crippen LogP contribution in [0.25, 0.3) is 0 Å². The van der Waals surface area contributed by atoms with Gasteiger partial charge in [-0.3, -0.25) is 0 Å². The Hall–Kier alpha value is -0.630. The molecule has 0 N–H and O–H groups in total. The number of hydrogen-bond acceptors (Lipinski definition) is 2. The Bertz CT molecular complexity index is 241. The van der Waals surface area contributed by atoms with E-state index in [1.54, 1.807) is 0 Å². The predicted molar refractivity (Wildman–Crippen MR) is 59.2 cm³/mol. The lowest BCUT2D eigenvalue weighted by Gasteiger charge is -2.32. The van der Waals surface area contributed by atoms with Crippen LogP contribution in [0.1, 0.15) is 26.7 Å². The average molecular weight is 195 g/mol. The molecule has 0 aromatic rings. The molecule has 14 heavy (non-hydrogen) atoms. The summed E-state index contributed by atoms with van der Waals surface area (Å²) in [4.78, 5) is 13.0. The van der Waals surface area contributed by atoms with Gasteiger partial charge in [-0.2, -0.15) is 0 Å². The lowest BCUT2D eigenvalue weighted by molar-refractivity contribution is -0.110. The molecule has 1 rings (SSSR count). The number of carbonyl (C=O) groups excluding carboxylic acids is 1. The van der Waals surface area contributed by atoms with Crippen LogP contribution in [0.3, 0.4) is 0 Å². The molecule has 0 saturated heterocycles. The number of aldehydes is 1. The summed E-state index contributed by atoms with van der Waals surface area (Å²) in [7, 11) is 4.09. The van der Waals surface area contributed by atoms with Crippen LogP contribution >= 0.6 is 0 Å². The number of rotatable bonds is 3. The molecule has 2 heteroatoms. The van der Waals surface area contributed by atoms with E-state index >= 15 is 0 Å². The smallest absolute Gasteiger partial charge is 0.127 e. The maximum Gasteiger partial charge on any atom is 0.127 e. The molecule has 0 radical (unpaired) electrons. The zero-order valence-electron chi connectivity index (χ0n) is 9.71. The van der Waals surface area contributed by atoms with Crippen molar-refractivity contribution >= 4 is 6.29 Å². The van der Waals surface area contributed by atoms with Gasteiger partial charge < -0.3 is 9.69 Å². The summed E-state index contributed by atoms with van der Waals surface area (Å²) in [5.74, 6) is 0.158. The van der Waals surface area contributed by atoms with E-state index in [0.717, 1.165) is 25.7 Å². The van der Waals surface area contributed by atoms with Gasteiger partial charge in [0.05, 0.1) is 0 Å². The molecule has 1 unspecified atom stereocenters. The van der Waals surface area contributed by atoms with Gasteiger partial charge in [0.1, 0.15) is 6.29 Å². The molecule has 0 aromatic carbocycles. The van der Waals surface area contributed by atoms with Gasteiger partial charge in [-0.1, -0.05) is 19.9 Å². The van der Waals surface area contributed by atoms with Gasteiger partial charge in [0, 0.05) is 12.5 Å². The van der Waals surface area contributed by atoms with Crippen molar-refractivity contribution < 1.29 is 4.79 Å². The molecule has 0 bridgehead atoms. The van der Waals surface area contributed by atoms with Gasteiger partial charge in [-0.25, -0.2) is 0 Å². The number of allylic oxidation sites excluding steroid dienone is 1. The van der Waals surface area contributed by atoms with Crippen molar-refractivity contribution in [2.75, 3.05) is 20.6 Å². The van der Waals surface area contributed by atoms with Crippen LogP contribution in [-0.4, -0.2) is 31.8 Å². The normalized spacial score (nSPS) is 26.1. The number of likely N-dealkylation sites (N-methyl/N-ethyl adjacent to an activating group) is 1. The van der Waals surface area contributed by atoms with Gasteiger partial charge in [-0.05, 0) is 37.9 Å². The largest absolute Gasteiger partial charge is 0.305 e. The Balaban J connectivity index is 2.81. The van der Waals surface area contributed by atoms with Crippen LogP contribution in [0.4, 0.5) is 0 Å². The van der Waals surface area contributed by atoms with Gasteiger partial charge >= 0.3 is 0 Å². The van der Waals surface area contributed by atoms with Gasteiger partial charge in [-0.15, -0.1) is 0 Å². The lowest BCUT2D eigenvalue weighted by Crippen LogP contribution is -2.27. The summed E-state index contributed by atoms with van der Waals surface area (Å²) >= 11 is 0. The third-order valence-electron chi connectivity index (χ3n) is 2.82. The first-order valence-corrected chi connectivity index (χ1v) is 5.26. The van der Waals surface area contributed by atoms with Crippen LogP contribution in [0.5, 0.6) is 0 Å². The summed E-state index contributed by atoms with van der Waals surface area (Å²) in [5, 5.41) is 0. The van der Waals surface area contributed by atoms with Crippen LogP contribution in [0.2, 0.25) is 0 Å². The molecule has 0 aromatic heterocycles. The van der Waals surface area contributed by atoms with E-state index in [2.05, 4.69) is 24.8 Å². The summed E-state index contributed by atoms with van der Waals surface area (Å²) in [6.07, 6.45) is 5.52. The first-order valence-electron chi connectivity index (χ1n) is 5.26. The van der Waals surface area contributed by atoms with Crippen molar-refractivity contribution in [2.45, 2.75) is 26.7 Å². The molecule has 0 saturated carbocycles. The summed E-state index contributed by atoms with van der Waals surface area (Å²) in [6, 6.07) is 0. The van der Waals surface area contributed by atoms with E-state index in [0.29, 0.717) is 0 Å². The Morgan fingerprint density at radius 1 is 1.57 bits per heavy atom. The van der Waals surface area contributed by atoms with Crippen molar-refractivity contribution in [3.05, 3.63) is 11.6 Å². The van der Waals surface area contributed by atoms with Crippen LogP contribution < -0.4 is 0 Å². The van der Waals surface area contributed by atoms with E-state index < -0.39 is 0 Å². The average Bonchev–Trinajstić information content (AvgIpc) is 2.01. The maximum atomic E-state index is 10.9. The van der Waals surface area contributed by atoms with Crippen molar-refractivity contribution in [1.29, 1.82) is 0 Å². The quantitative estimate of drug-likeness (QED) is 0.508. The first kappa shape index (κ1) is 11.4. The summed E-state index contributed by atoms with van der Waals surface area (Å²) < 4.78 is 0. The Labute approximate surface area is 87.0 Å². The number of nitrogens with zero attached hydrogens (tertiary/aromatic N) is 1. The molecular weight excluding hydrogens is 174 g/mol. The Morgan fingerprint density at radius 3 is 2.71 bits per heavy atom. The highest BCUT2D eigenvalue weighted by atomic mass is 16.1. The van der Waals surface area contributed by atoms with Crippen molar-refractivity contribution in [3.8, 4) is 0 Å². The highest BCUT2D eigenvalue weighted by Crippen LogP contribution is 2.35. The van der Waals surface area contributed by atoms with Crippen LogP contribution in [0.15, 0.2) is 11.6 Å². The molecule has 2 nitrogen and oxygen atoms in total. The Kier molecular flexibility index (Phi) is 3.48. The van der Waals surface area contributed by atoms with Gasteiger partial charge in [0.25, 0.3) is 0 Å². The van der Waals surface area contributed by atoms with Crippen molar-refractivity contribution in [1.82, 2.24) is 4.90 Å². The predicted octanol–water partition coefficient (Wildman–Crippen LogP) is 2.11. The van der Waals surface area contributed by atoms with Gasteiger partial charge in [0.15, 0.2) is 0 Å². The molecule has 0 amide bonds. The van der Waals surface area contributed by atoms with E-state index in [9.17, 15) is 4.79 Å². The zero-order valence-corrected chi connectivity index (χ0v) is 9.71. The standard InChI is InChI=1S/C12H21NO/c1-12(2)6-5-10(9-14)11(7-12)8-13(3)4/h7,9-10H,5-6,8H2,1-4H3. The van der Waals surface area contributed by atoms with E-state index in [1.807, 2.05) is 14.1 Å². The SMILES string of the molecule is CN(C)CC1=CC(C)(C)CCC1C=O. The molecular formula is C12H21NO. The molecule has 1 aliphatic rings. The molecule has 1 aliphatic carbocycles. The molecule has 80 valence electrons. The molecule has 0 aliphatic heterocycles. The third kappa shape index (κ3) is 2.95. The molecule has 0 spiro atoms. The fraction of sp³-hybridized carbons (Fsp3) is 0.750. The second-order valence-corrected chi connectivity index (χ2v) is 5.23. The molecule has 0 fully saturated rings. The maximum absolute atomic E-state index is 10.9. The molecule has 0 heterocycles. The molecule has 1 atom stereocenters. The zero-order chi connectivity index (χ0) is 10.8. The van der Waals surface area contributed by atoms with Crippen molar-refractivity contribution in [3.63, 3.8) is 0 Å². The highest BCUT2D eigenvalue weighted by Gasteiger charge is 2.27. The fourth-order valence-corrected chi connectivity index (χ4v) is 2.08.